The van der Waals surface area contributed by atoms with Crippen LogP contribution in [0.5, 0.6) is 11.6 Å². The maximum Gasteiger partial charge on any atom is 0.322 e. The standard InChI is InChI=1S/C16H15ClN4O5S/c1-9(14-15(22)20-16(23)19-14)21-27(24,25)12-5-3-11(4-6-12)26-13-7-2-10(17)8-18-13/h2-9,14,21H,1H3,(H2,19,20,22,23)/t9-,14?/m1/s1. The summed E-state index contributed by atoms with van der Waals surface area (Å²) in [6.45, 7) is 1.48. The number of nitrogens with zero attached hydrogens (tertiary/aromatic N) is 1. The number of rotatable bonds is 6. The summed E-state index contributed by atoms with van der Waals surface area (Å²) in [5.74, 6) is 0.110. The Labute approximate surface area is 160 Å². The molecule has 0 bridgehead atoms. The average molecular weight is 411 g/mol. The van der Waals surface area contributed by atoms with Gasteiger partial charge in [-0.25, -0.2) is 22.9 Å². The van der Waals surface area contributed by atoms with E-state index in [0.29, 0.717) is 16.7 Å². The van der Waals surface area contributed by atoms with E-state index in [4.69, 9.17) is 16.3 Å². The van der Waals surface area contributed by atoms with Gasteiger partial charge in [0.2, 0.25) is 15.9 Å². The first-order valence-electron chi connectivity index (χ1n) is 7.78. The van der Waals surface area contributed by atoms with Gasteiger partial charge in [0, 0.05) is 18.3 Å². The second-order valence-corrected chi connectivity index (χ2v) is 7.89. The zero-order valence-electron chi connectivity index (χ0n) is 14.0. The van der Waals surface area contributed by atoms with Crippen molar-refractivity contribution in [2.24, 2.45) is 0 Å². The number of pyridine rings is 1. The molecule has 1 unspecified atom stereocenters. The predicted molar refractivity (Wildman–Crippen MR) is 96.0 cm³/mol. The Bertz CT molecular complexity index is 963. The molecule has 1 aliphatic heterocycles. The molecule has 9 nitrogen and oxygen atoms in total. The number of aromatic nitrogens is 1. The Morgan fingerprint density at radius 3 is 2.44 bits per heavy atom. The summed E-state index contributed by atoms with van der Waals surface area (Å²) in [6.07, 6.45) is 1.43. The lowest BCUT2D eigenvalue weighted by Crippen LogP contribution is -2.49. The van der Waals surface area contributed by atoms with Gasteiger partial charge in [-0.05, 0) is 37.3 Å². The van der Waals surface area contributed by atoms with E-state index in [9.17, 15) is 18.0 Å². The van der Waals surface area contributed by atoms with Crippen LogP contribution in [0.25, 0.3) is 0 Å². The van der Waals surface area contributed by atoms with Crippen molar-refractivity contribution in [2.45, 2.75) is 23.9 Å². The topological polar surface area (TPSA) is 126 Å². The largest absolute Gasteiger partial charge is 0.439 e. The molecule has 2 heterocycles. The van der Waals surface area contributed by atoms with E-state index >= 15 is 0 Å². The molecule has 11 heteroatoms. The summed E-state index contributed by atoms with van der Waals surface area (Å²) in [7, 11) is -3.90. The van der Waals surface area contributed by atoms with Crippen molar-refractivity contribution < 1.29 is 22.7 Å². The molecule has 27 heavy (non-hydrogen) atoms. The fraction of sp³-hybridized carbons (Fsp3) is 0.188. The molecular formula is C16H15ClN4O5S. The number of hydrogen-bond donors (Lipinski definition) is 3. The molecule has 1 saturated heterocycles. The van der Waals surface area contributed by atoms with Gasteiger partial charge < -0.3 is 10.1 Å². The van der Waals surface area contributed by atoms with Crippen LogP contribution in [0, 0.1) is 0 Å². The first-order chi connectivity index (χ1) is 12.7. The Morgan fingerprint density at radius 1 is 1.19 bits per heavy atom. The number of carbonyl (C=O) groups excluding carboxylic acids is 2. The number of ether oxygens (including phenoxy) is 1. The number of sulfonamides is 1. The second-order valence-electron chi connectivity index (χ2n) is 5.74. The molecule has 0 radical (unpaired) electrons. The van der Waals surface area contributed by atoms with E-state index in [2.05, 4.69) is 20.3 Å². The van der Waals surface area contributed by atoms with E-state index in [1.807, 2.05) is 0 Å². The molecule has 1 aliphatic rings. The normalized spacial score (nSPS) is 17.9. The third-order valence-corrected chi connectivity index (χ3v) is 5.50. The highest BCUT2D eigenvalue weighted by Gasteiger charge is 2.36. The molecule has 1 fully saturated rings. The zero-order valence-corrected chi connectivity index (χ0v) is 15.5. The van der Waals surface area contributed by atoms with E-state index < -0.39 is 34.0 Å². The predicted octanol–water partition coefficient (Wildman–Crippen LogP) is 1.40. The van der Waals surface area contributed by atoms with Gasteiger partial charge in [0.1, 0.15) is 11.8 Å². The molecule has 1 aromatic carbocycles. The van der Waals surface area contributed by atoms with Crippen LogP contribution in [0.4, 0.5) is 4.79 Å². The molecule has 2 atom stereocenters. The summed E-state index contributed by atoms with van der Waals surface area (Å²) >= 11 is 5.75. The second kappa shape index (κ2) is 7.51. The number of nitrogens with one attached hydrogen (secondary N) is 3. The SMILES string of the molecule is C[C@@H](NS(=O)(=O)c1ccc(Oc2ccc(Cl)cn2)cc1)C1NC(=O)NC1=O. The van der Waals surface area contributed by atoms with Gasteiger partial charge in [0.15, 0.2) is 0 Å². The van der Waals surface area contributed by atoms with Gasteiger partial charge in [-0.3, -0.25) is 10.1 Å². The van der Waals surface area contributed by atoms with Crippen LogP contribution in [0.1, 0.15) is 6.92 Å². The summed E-state index contributed by atoms with van der Waals surface area (Å²) in [5.41, 5.74) is 0. The van der Waals surface area contributed by atoms with Crippen molar-refractivity contribution in [2.75, 3.05) is 0 Å². The molecule has 142 valence electrons. The van der Waals surface area contributed by atoms with Crippen LogP contribution >= 0.6 is 11.6 Å². The quantitative estimate of drug-likeness (QED) is 0.618. The van der Waals surface area contributed by atoms with Crippen LogP contribution in [0.3, 0.4) is 0 Å². The molecule has 2 aromatic rings. The van der Waals surface area contributed by atoms with Gasteiger partial charge in [-0.2, -0.15) is 0 Å². The molecular weight excluding hydrogens is 396 g/mol. The molecule has 3 amide bonds. The van der Waals surface area contributed by atoms with Crippen molar-refractivity contribution in [3.05, 3.63) is 47.6 Å². The molecule has 3 N–H and O–H groups in total. The van der Waals surface area contributed by atoms with E-state index in [1.54, 1.807) is 12.1 Å². The fourth-order valence-corrected chi connectivity index (χ4v) is 3.76. The van der Waals surface area contributed by atoms with E-state index in [0.717, 1.165) is 0 Å². The lowest BCUT2D eigenvalue weighted by Gasteiger charge is -2.18. The zero-order chi connectivity index (χ0) is 19.6. The smallest absolute Gasteiger partial charge is 0.322 e. The number of halogens is 1. The maximum atomic E-state index is 12.5. The Kier molecular flexibility index (Phi) is 5.31. The number of imide groups is 1. The summed E-state index contributed by atoms with van der Waals surface area (Å²) in [4.78, 5) is 26.8. The van der Waals surface area contributed by atoms with Crippen LogP contribution < -0.4 is 20.1 Å². The van der Waals surface area contributed by atoms with Gasteiger partial charge in [-0.15, -0.1) is 0 Å². The van der Waals surface area contributed by atoms with Crippen LogP contribution in [-0.2, 0) is 14.8 Å². The monoisotopic (exact) mass is 410 g/mol. The third-order valence-electron chi connectivity index (χ3n) is 3.70. The number of benzene rings is 1. The number of carbonyl (C=O) groups is 2. The van der Waals surface area contributed by atoms with E-state index in [1.165, 1.54) is 37.4 Å². The Hall–Kier alpha value is -2.69. The minimum absolute atomic E-state index is 0.0181. The minimum atomic E-state index is -3.90. The highest BCUT2D eigenvalue weighted by Crippen LogP contribution is 2.22. The van der Waals surface area contributed by atoms with Crippen molar-refractivity contribution in [1.82, 2.24) is 20.3 Å². The lowest BCUT2D eigenvalue weighted by molar-refractivity contribution is -0.120. The number of hydrogen-bond acceptors (Lipinski definition) is 6. The summed E-state index contributed by atoms with van der Waals surface area (Å²) in [6, 6.07) is 6.37. The van der Waals surface area contributed by atoms with Gasteiger partial charge in [0.25, 0.3) is 5.91 Å². The average Bonchev–Trinajstić information content (AvgIpc) is 2.95. The summed E-state index contributed by atoms with van der Waals surface area (Å²) < 4.78 is 32.8. The maximum absolute atomic E-state index is 12.5. The third kappa shape index (κ3) is 4.54. The highest BCUT2D eigenvalue weighted by molar-refractivity contribution is 7.89. The fourth-order valence-electron chi connectivity index (χ4n) is 2.40. The van der Waals surface area contributed by atoms with Crippen molar-refractivity contribution in [1.29, 1.82) is 0 Å². The Morgan fingerprint density at radius 2 is 1.89 bits per heavy atom. The van der Waals surface area contributed by atoms with Gasteiger partial charge >= 0.3 is 6.03 Å². The van der Waals surface area contributed by atoms with Crippen LogP contribution in [0.15, 0.2) is 47.5 Å². The Balaban J connectivity index is 1.68. The summed E-state index contributed by atoms with van der Waals surface area (Å²) in [5, 5.41) is 4.88. The first kappa shape index (κ1) is 19.1. The van der Waals surface area contributed by atoms with Crippen molar-refractivity contribution in [3.8, 4) is 11.6 Å². The molecule has 0 aliphatic carbocycles. The minimum Gasteiger partial charge on any atom is -0.439 e. The van der Waals surface area contributed by atoms with E-state index in [-0.39, 0.29) is 4.90 Å². The first-order valence-corrected chi connectivity index (χ1v) is 9.64. The van der Waals surface area contributed by atoms with Crippen LogP contribution in [-0.4, -0.2) is 37.4 Å². The van der Waals surface area contributed by atoms with Crippen molar-refractivity contribution in [3.63, 3.8) is 0 Å². The molecule has 1 aromatic heterocycles. The van der Waals surface area contributed by atoms with Gasteiger partial charge in [0.05, 0.1) is 9.92 Å². The van der Waals surface area contributed by atoms with Crippen LogP contribution in [0.2, 0.25) is 5.02 Å². The highest BCUT2D eigenvalue weighted by atomic mass is 35.5. The molecule has 0 saturated carbocycles. The lowest BCUT2D eigenvalue weighted by atomic mass is 10.1. The number of urea groups is 1. The van der Waals surface area contributed by atoms with Crippen molar-refractivity contribution >= 4 is 33.6 Å². The van der Waals surface area contributed by atoms with Gasteiger partial charge in [-0.1, -0.05) is 11.6 Å². The number of amides is 3. The molecule has 0 spiro atoms. The molecule has 3 rings (SSSR count).